The van der Waals surface area contributed by atoms with Gasteiger partial charge in [-0.05, 0) is 43.9 Å². The second kappa shape index (κ2) is 9.54. The van der Waals surface area contributed by atoms with E-state index in [4.69, 9.17) is 5.14 Å². The quantitative estimate of drug-likeness (QED) is 0.456. The number of primary sulfonamides is 1. The molecule has 1 aliphatic rings. The molecule has 1 saturated heterocycles. The molecule has 26 heavy (non-hydrogen) atoms. The Morgan fingerprint density at radius 2 is 1.85 bits per heavy atom. The largest absolute Gasteiger partial charge is 0.357 e. The number of nitrogens with zero attached hydrogens (tertiary/aromatic N) is 2. The molecule has 0 unspecified atom stereocenters. The second-order valence-corrected chi connectivity index (χ2v) is 7.71. The maximum absolute atomic E-state index is 12.1. The van der Waals surface area contributed by atoms with E-state index in [0.717, 1.165) is 31.5 Å². The molecule has 1 aromatic rings. The highest BCUT2D eigenvalue weighted by molar-refractivity contribution is 7.89. The van der Waals surface area contributed by atoms with Gasteiger partial charge in [-0.2, -0.15) is 0 Å². The van der Waals surface area contributed by atoms with Gasteiger partial charge in [-0.25, -0.2) is 18.5 Å². The van der Waals surface area contributed by atoms with Crippen LogP contribution in [0.2, 0.25) is 0 Å². The first-order valence-corrected chi connectivity index (χ1v) is 10.4. The molecule has 0 spiro atoms. The summed E-state index contributed by atoms with van der Waals surface area (Å²) in [7, 11) is -3.66. The molecule has 0 radical (unpaired) electrons. The highest BCUT2D eigenvalue weighted by atomic mass is 32.2. The van der Waals surface area contributed by atoms with Crippen LogP contribution in [0.4, 0.5) is 0 Å². The molecule has 0 bridgehead atoms. The van der Waals surface area contributed by atoms with Gasteiger partial charge in [0, 0.05) is 26.2 Å². The van der Waals surface area contributed by atoms with Crippen molar-refractivity contribution in [2.45, 2.75) is 31.1 Å². The number of hydrogen-bond donors (Lipinski definition) is 3. The number of aliphatic imine (C=N–C) groups is 1. The Hall–Kier alpha value is -2.13. The lowest BCUT2D eigenvalue weighted by atomic mass is 10.1. The van der Waals surface area contributed by atoms with Crippen molar-refractivity contribution in [2.24, 2.45) is 10.1 Å². The van der Waals surface area contributed by atoms with Gasteiger partial charge >= 0.3 is 0 Å². The lowest BCUT2D eigenvalue weighted by Crippen LogP contribution is -2.39. The molecule has 1 heterocycles. The molecule has 0 aliphatic carbocycles. The van der Waals surface area contributed by atoms with Crippen LogP contribution >= 0.6 is 0 Å². The minimum absolute atomic E-state index is 0.0540. The third-order valence-electron chi connectivity index (χ3n) is 4.13. The molecule has 1 fully saturated rings. The minimum Gasteiger partial charge on any atom is -0.357 e. The van der Waals surface area contributed by atoms with Gasteiger partial charge in [-0.3, -0.25) is 4.79 Å². The van der Waals surface area contributed by atoms with Gasteiger partial charge in [0.05, 0.1) is 4.90 Å². The lowest BCUT2D eigenvalue weighted by molar-refractivity contribution is -0.128. The van der Waals surface area contributed by atoms with Crippen molar-refractivity contribution >= 4 is 21.9 Å². The van der Waals surface area contributed by atoms with Crippen LogP contribution < -0.4 is 15.8 Å². The summed E-state index contributed by atoms with van der Waals surface area (Å²) in [6, 6.07) is 6.47. The third-order valence-corrected chi connectivity index (χ3v) is 5.06. The summed E-state index contributed by atoms with van der Waals surface area (Å²) in [6.45, 7) is 5.06. The Labute approximate surface area is 154 Å². The molecular formula is C17H27N5O3S. The molecule has 0 atom stereocenters. The third kappa shape index (κ3) is 6.30. The molecule has 144 valence electrons. The van der Waals surface area contributed by atoms with Crippen LogP contribution in [0.25, 0.3) is 0 Å². The van der Waals surface area contributed by atoms with Crippen LogP contribution in [0.15, 0.2) is 34.2 Å². The number of guanidine groups is 1. The Morgan fingerprint density at radius 3 is 2.42 bits per heavy atom. The van der Waals surface area contributed by atoms with Crippen LogP contribution in [-0.2, 0) is 21.2 Å². The molecule has 0 saturated carbocycles. The number of nitrogens with two attached hydrogens (primary N) is 1. The predicted molar refractivity (Wildman–Crippen MR) is 101 cm³/mol. The monoisotopic (exact) mass is 381 g/mol. The van der Waals surface area contributed by atoms with Gasteiger partial charge in [0.1, 0.15) is 6.54 Å². The topological polar surface area (TPSA) is 117 Å². The summed E-state index contributed by atoms with van der Waals surface area (Å²) < 4.78 is 22.5. The number of amides is 1. The van der Waals surface area contributed by atoms with E-state index in [9.17, 15) is 13.2 Å². The van der Waals surface area contributed by atoms with E-state index in [-0.39, 0.29) is 17.3 Å². The number of carbonyl (C=O) groups is 1. The zero-order valence-electron chi connectivity index (χ0n) is 15.1. The zero-order chi connectivity index (χ0) is 19.0. The number of sulfonamides is 1. The van der Waals surface area contributed by atoms with E-state index in [0.29, 0.717) is 25.5 Å². The summed E-state index contributed by atoms with van der Waals surface area (Å²) in [5.74, 6) is 0.652. The number of nitrogens with one attached hydrogen (secondary N) is 2. The Kier molecular flexibility index (Phi) is 7.40. The molecule has 1 amide bonds. The van der Waals surface area contributed by atoms with E-state index in [1.165, 1.54) is 12.1 Å². The summed E-state index contributed by atoms with van der Waals surface area (Å²) in [6.07, 6.45) is 2.82. The first-order valence-electron chi connectivity index (χ1n) is 8.82. The van der Waals surface area contributed by atoms with Crippen LogP contribution in [0, 0.1) is 0 Å². The smallest absolute Gasteiger partial charge is 0.244 e. The van der Waals surface area contributed by atoms with Gasteiger partial charge in [-0.1, -0.05) is 12.1 Å². The molecule has 8 nitrogen and oxygen atoms in total. The first kappa shape index (κ1) is 20.2. The fourth-order valence-electron chi connectivity index (χ4n) is 2.73. The molecule has 2 rings (SSSR count). The Bertz CT molecular complexity index is 725. The predicted octanol–water partition coefficient (Wildman–Crippen LogP) is 0.0540. The zero-order valence-corrected chi connectivity index (χ0v) is 15.9. The van der Waals surface area contributed by atoms with Crippen molar-refractivity contribution < 1.29 is 13.2 Å². The Morgan fingerprint density at radius 1 is 1.19 bits per heavy atom. The fraction of sp³-hybridized carbons (Fsp3) is 0.529. The van der Waals surface area contributed by atoms with E-state index < -0.39 is 10.0 Å². The van der Waals surface area contributed by atoms with Gasteiger partial charge in [0.25, 0.3) is 0 Å². The van der Waals surface area contributed by atoms with Crippen molar-refractivity contribution in [3.63, 3.8) is 0 Å². The van der Waals surface area contributed by atoms with Gasteiger partial charge in [0.15, 0.2) is 5.96 Å². The molecule has 1 aliphatic heterocycles. The van der Waals surface area contributed by atoms with Gasteiger partial charge < -0.3 is 15.5 Å². The molecule has 0 aromatic heterocycles. The molecule has 4 N–H and O–H groups in total. The van der Waals surface area contributed by atoms with Crippen molar-refractivity contribution in [1.29, 1.82) is 0 Å². The number of hydrogen-bond acceptors (Lipinski definition) is 4. The standard InChI is InChI=1S/C17H27N5O3S/c1-2-19-17(21-13-16(23)22-11-3-4-12-22)20-10-9-14-5-7-15(8-6-14)26(18,24)25/h5-8H,2-4,9-13H2,1H3,(H2,18,24,25)(H2,19,20,21). The van der Waals surface area contributed by atoms with Crippen molar-refractivity contribution in [2.75, 3.05) is 32.7 Å². The van der Waals surface area contributed by atoms with Crippen molar-refractivity contribution in [3.8, 4) is 0 Å². The molecule has 9 heteroatoms. The summed E-state index contributed by atoms with van der Waals surface area (Å²) in [5, 5.41) is 11.4. The number of benzene rings is 1. The molecular weight excluding hydrogens is 354 g/mol. The highest BCUT2D eigenvalue weighted by Crippen LogP contribution is 2.09. The maximum Gasteiger partial charge on any atom is 0.244 e. The van der Waals surface area contributed by atoms with Crippen LogP contribution in [0.1, 0.15) is 25.3 Å². The van der Waals surface area contributed by atoms with Gasteiger partial charge in [0.2, 0.25) is 15.9 Å². The normalized spacial score (nSPS) is 15.2. The fourth-order valence-corrected chi connectivity index (χ4v) is 3.24. The van der Waals surface area contributed by atoms with E-state index >= 15 is 0 Å². The first-order chi connectivity index (χ1) is 12.4. The van der Waals surface area contributed by atoms with Crippen molar-refractivity contribution in [1.82, 2.24) is 15.5 Å². The average Bonchev–Trinajstić information content (AvgIpc) is 3.14. The number of carbonyl (C=O) groups excluding carboxylic acids is 1. The summed E-state index contributed by atoms with van der Waals surface area (Å²) in [5.41, 5.74) is 0.980. The SMILES string of the molecule is CCNC(=NCC(=O)N1CCCC1)NCCc1ccc(S(N)(=O)=O)cc1. The maximum atomic E-state index is 12.1. The second-order valence-electron chi connectivity index (χ2n) is 6.15. The van der Waals surface area contributed by atoms with Crippen LogP contribution in [0.5, 0.6) is 0 Å². The van der Waals surface area contributed by atoms with E-state index in [1.54, 1.807) is 12.1 Å². The van der Waals surface area contributed by atoms with Crippen molar-refractivity contribution in [3.05, 3.63) is 29.8 Å². The lowest BCUT2D eigenvalue weighted by Gasteiger charge is -2.15. The van der Waals surface area contributed by atoms with Crippen LogP contribution in [-0.4, -0.2) is 57.9 Å². The highest BCUT2D eigenvalue weighted by Gasteiger charge is 2.17. The summed E-state index contributed by atoms with van der Waals surface area (Å²) >= 11 is 0. The average molecular weight is 382 g/mol. The number of rotatable bonds is 7. The van der Waals surface area contributed by atoms with Crippen LogP contribution in [0.3, 0.4) is 0 Å². The summed E-state index contributed by atoms with van der Waals surface area (Å²) in [4.78, 5) is 18.4. The molecule has 1 aromatic carbocycles. The van der Waals surface area contributed by atoms with Gasteiger partial charge in [-0.15, -0.1) is 0 Å². The van der Waals surface area contributed by atoms with E-state index in [2.05, 4.69) is 15.6 Å². The minimum atomic E-state index is -3.66. The number of likely N-dealkylation sites (tertiary alicyclic amines) is 1. The van der Waals surface area contributed by atoms with E-state index in [1.807, 2.05) is 11.8 Å². The Balaban J connectivity index is 1.83.